The second-order valence-electron chi connectivity index (χ2n) is 4.35. The fourth-order valence-corrected chi connectivity index (χ4v) is 1.99. The van der Waals surface area contributed by atoms with E-state index in [4.69, 9.17) is 10.5 Å². The van der Waals surface area contributed by atoms with Crippen LogP contribution in [0.3, 0.4) is 0 Å². The van der Waals surface area contributed by atoms with Crippen LogP contribution in [0.5, 0.6) is 5.75 Å². The zero-order chi connectivity index (χ0) is 13.0. The van der Waals surface area contributed by atoms with E-state index in [2.05, 4.69) is 31.2 Å². The molecule has 0 heterocycles. The van der Waals surface area contributed by atoms with Gasteiger partial charge in [-0.2, -0.15) is 0 Å². The Bertz CT molecular complexity index is 505. The predicted molar refractivity (Wildman–Crippen MR) is 74.8 cm³/mol. The van der Waals surface area contributed by atoms with Crippen LogP contribution in [0.2, 0.25) is 0 Å². The molecule has 0 radical (unpaired) electrons. The van der Waals surface area contributed by atoms with E-state index in [1.807, 2.05) is 24.3 Å². The largest absolute Gasteiger partial charge is 0.497 e. The molecule has 2 aromatic rings. The number of benzene rings is 2. The topological polar surface area (TPSA) is 35.2 Å². The molecule has 0 saturated carbocycles. The van der Waals surface area contributed by atoms with E-state index in [1.54, 1.807) is 7.11 Å². The number of aryl methyl sites for hydroxylation is 1. The fraction of sp³-hybridized carbons (Fsp3) is 0.250. The van der Waals surface area contributed by atoms with Gasteiger partial charge in [0.2, 0.25) is 0 Å². The van der Waals surface area contributed by atoms with Crippen molar-refractivity contribution in [3.05, 3.63) is 65.2 Å². The van der Waals surface area contributed by atoms with Crippen molar-refractivity contribution in [3.8, 4) is 5.75 Å². The third-order valence-corrected chi connectivity index (χ3v) is 3.20. The maximum Gasteiger partial charge on any atom is 0.119 e. The molecule has 0 bridgehead atoms. The third-order valence-electron chi connectivity index (χ3n) is 3.20. The lowest BCUT2D eigenvalue weighted by molar-refractivity contribution is 0.414. The van der Waals surface area contributed by atoms with Crippen molar-refractivity contribution in [3.63, 3.8) is 0 Å². The first kappa shape index (κ1) is 12.7. The molecule has 0 aliphatic rings. The van der Waals surface area contributed by atoms with Crippen LogP contribution in [0.15, 0.2) is 48.5 Å². The molecule has 2 heteroatoms. The summed E-state index contributed by atoms with van der Waals surface area (Å²) in [6.07, 6.45) is 1.05. The van der Waals surface area contributed by atoms with E-state index in [0.29, 0.717) is 0 Å². The van der Waals surface area contributed by atoms with E-state index in [0.717, 1.165) is 23.3 Å². The molecule has 0 amide bonds. The average molecular weight is 241 g/mol. The molecule has 2 aromatic carbocycles. The molecule has 94 valence electrons. The van der Waals surface area contributed by atoms with Crippen molar-refractivity contribution in [1.82, 2.24) is 0 Å². The highest BCUT2D eigenvalue weighted by Crippen LogP contribution is 2.23. The number of rotatable bonds is 4. The van der Waals surface area contributed by atoms with E-state index in [1.165, 1.54) is 5.56 Å². The highest BCUT2D eigenvalue weighted by Gasteiger charge is 2.09. The number of ether oxygens (including phenoxy) is 1. The number of nitrogens with two attached hydrogens (primary N) is 1. The summed E-state index contributed by atoms with van der Waals surface area (Å²) in [5.41, 5.74) is 9.80. The van der Waals surface area contributed by atoms with E-state index < -0.39 is 0 Å². The Morgan fingerprint density at radius 3 is 2.39 bits per heavy atom. The van der Waals surface area contributed by atoms with Crippen molar-refractivity contribution in [2.24, 2.45) is 5.73 Å². The third kappa shape index (κ3) is 2.71. The summed E-state index contributed by atoms with van der Waals surface area (Å²) in [4.78, 5) is 0. The van der Waals surface area contributed by atoms with Crippen molar-refractivity contribution in [1.29, 1.82) is 0 Å². The summed E-state index contributed by atoms with van der Waals surface area (Å²) in [6.45, 7) is 2.15. The van der Waals surface area contributed by atoms with Crippen molar-refractivity contribution in [2.75, 3.05) is 7.11 Å². The lowest BCUT2D eigenvalue weighted by Crippen LogP contribution is -2.11. The Kier molecular flexibility index (Phi) is 4.00. The predicted octanol–water partition coefficient (Wildman–Crippen LogP) is 3.31. The minimum Gasteiger partial charge on any atom is -0.497 e. The van der Waals surface area contributed by atoms with Crippen LogP contribution in [-0.4, -0.2) is 7.11 Å². The summed E-state index contributed by atoms with van der Waals surface area (Å²) in [6, 6.07) is 16.3. The highest BCUT2D eigenvalue weighted by molar-refractivity contribution is 5.37. The number of methoxy groups -OCH3 is 1. The van der Waals surface area contributed by atoms with Crippen LogP contribution in [0, 0.1) is 0 Å². The molecule has 0 aromatic heterocycles. The van der Waals surface area contributed by atoms with Gasteiger partial charge in [-0.1, -0.05) is 43.3 Å². The second-order valence-corrected chi connectivity index (χ2v) is 4.35. The summed E-state index contributed by atoms with van der Waals surface area (Å²) in [5, 5.41) is 0. The first-order valence-electron chi connectivity index (χ1n) is 6.23. The normalized spacial score (nSPS) is 12.2. The summed E-state index contributed by atoms with van der Waals surface area (Å²) < 4.78 is 5.22. The first-order valence-corrected chi connectivity index (χ1v) is 6.23. The highest BCUT2D eigenvalue weighted by atomic mass is 16.5. The van der Waals surface area contributed by atoms with Crippen LogP contribution in [-0.2, 0) is 6.42 Å². The van der Waals surface area contributed by atoms with Gasteiger partial charge in [0.05, 0.1) is 13.2 Å². The van der Waals surface area contributed by atoms with Gasteiger partial charge in [0.1, 0.15) is 5.75 Å². The molecule has 1 unspecified atom stereocenters. The minimum absolute atomic E-state index is 0.106. The molecule has 0 aliphatic carbocycles. The van der Waals surface area contributed by atoms with E-state index in [-0.39, 0.29) is 6.04 Å². The molecule has 2 rings (SSSR count). The summed E-state index contributed by atoms with van der Waals surface area (Å²) >= 11 is 0. The SMILES string of the molecule is CCc1ccc(C(N)c2cccc(OC)c2)cc1. The van der Waals surface area contributed by atoms with Gasteiger partial charge in [0.15, 0.2) is 0 Å². The Hall–Kier alpha value is -1.80. The first-order chi connectivity index (χ1) is 8.74. The van der Waals surface area contributed by atoms with Gasteiger partial charge in [-0.05, 0) is 35.2 Å². The van der Waals surface area contributed by atoms with Crippen LogP contribution in [0.25, 0.3) is 0 Å². The second kappa shape index (κ2) is 5.69. The Morgan fingerprint density at radius 1 is 1.06 bits per heavy atom. The van der Waals surface area contributed by atoms with Gasteiger partial charge >= 0.3 is 0 Å². The van der Waals surface area contributed by atoms with Crippen LogP contribution in [0.1, 0.15) is 29.7 Å². The standard InChI is InChI=1S/C16H19NO/c1-3-12-7-9-13(10-8-12)16(17)14-5-4-6-15(11-14)18-2/h4-11,16H,3,17H2,1-2H3. The molecule has 0 aliphatic heterocycles. The van der Waals surface area contributed by atoms with Gasteiger partial charge in [-0.3, -0.25) is 0 Å². The maximum absolute atomic E-state index is 6.28. The van der Waals surface area contributed by atoms with Crippen molar-refractivity contribution >= 4 is 0 Å². The van der Waals surface area contributed by atoms with E-state index >= 15 is 0 Å². The van der Waals surface area contributed by atoms with E-state index in [9.17, 15) is 0 Å². The van der Waals surface area contributed by atoms with Gasteiger partial charge in [0, 0.05) is 0 Å². The van der Waals surface area contributed by atoms with Crippen molar-refractivity contribution < 1.29 is 4.74 Å². The molecule has 0 saturated heterocycles. The molecular weight excluding hydrogens is 222 g/mol. The van der Waals surface area contributed by atoms with Gasteiger partial charge in [-0.15, -0.1) is 0 Å². The quantitative estimate of drug-likeness (QED) is 0.891. The smallest absolute Gasteiger partial charge is 0.119 e. The zero-order valence-electron chi connectivity index (χ0n) is 10.9. The molecular formula is C16H19NO. The number of hydrogen-bond acceptors (Lipinski definition) is 2. The molecule has 2 N–H and O–H groups in total. The molecule has 2 nitrogen and oxygen atoms in total. The lowest BCUT2D eigenvalue weighted by atomic mass is 9.98. The minimum atomic E-state index is -0.106. The van der Waals surface area contributed by atoms with Crippen LogP contribution < -0.4 is 10.5 Å². The molecule has 1 atom stereocenters. The summed E-state index contributed by atoms with van der Waals surface area (Å²) in [7, 11) is 1.67. The summed E-state index contributed by atoms with van der Waals surface area (Å²) in [5.74, 6) is 0.841. The number of hydrogen-bond donors (Lipinski definition) is 1. The zero-order valence-corrected chi connectivity index (χ0v) is 10.9. The van der Waals surface area contributed by atoms with Crippen LogP contribution >= 0.6 is 0 Å². The lowest BCUT2D eigenvalue weighted by Gasteiger charge is -2.14. The molecule has 18 heavy (non-hydrogen) atoms. The molecule has 0 spiro atoms. The van der Waals surface area contributed by atoms with Gasteiger partial charge in [-0.25, -0.2) is 0 Å². The Balaban J connectivity index is 2.25. The maximum atomic E-state index is 6.28. The Morgan fingerprint density at radius 2 is 1.78 bits per heavy atom. The average Bonchev–Trinajstić information content (AvgIpc) is 2.46. The van der Waals surface area contributed by atoms with Crippen LogP contribution in [0.4, 0.5) is 0 Å². The molecule has 0 fully saturated rings. The Labute approximate surface area is 108 Å². The van der Waals surface area contributed by atoms with Gasteiger partial charge in [0.25, 0.3) is 0 Å². The van der Waals surface area contributed by atoms with Gasteiger partial charge < -0.3 is 10.5 Å². The monoisotopic (exact) mass is 241 g/mol. The van der Waals surface area contributed by atoms with Crippen molar-refractivity contribution in [2.45, 2.75) is 19.4 Å². The fourth-order valence-electron chi connectivity index (χ4n) is 1.99.